The van der Waals surface area contributed by atoms with E-state index in [2.05, 4.69) is 116 Å². The number of allylic oxidation sites excluding steroid dienone is 14. The molecule has 0 spiro atoms. The van der Waals surface area contributed by atoms with Crippen molar-refractivity contribution >= 4 is 82.5 Å². The number of carbonyl (C=O) groups is 13. The minimum Gasteiger partial charge on any atom is -0.332 e. The van der Waals surface area contributed by atoms with Gasteiger partial charge in [-0.3, -0.25) is 86.8 Å². The Hall–Kier alpha value is -10.1. The number of aryl methyl sites for hydroxylation is 1. The van der Waals surface area contributed by atoms with Gasteiger partial charge in [-0.25, -0.2) is 4.90 Å². The molecule has 7 heterocycles. The zero-order chi connectivity index (χ0) is 97.1. The average molecular weight is 1860 g/mol. The van der Waals surface area contributed by atoms with Crippen LogP contribution in [0.25, 0.3) is 0 Å². The molecule has 14 bridgehead atoms. The molecule has 0 saturated heterocycles. The van der Waals surface area contributed by atoms with Crippen LogP contribution in [0, 0.1) is 124 Å². The molecule has 137 heavy (non-hydrogen) atoms. The molecule has 732 valence electrons. The van der Waals surface area contributed by atoms with Crippen molar-refractivity contribution in [2.45, 2.75) is 282 Å². The molecular formula is C117H151N7O13. The third-order valence-electron chi connectivity index (χ3n) is 36.1. The van der Waals surface area contributed by atoms with Crippen LogP contribution in [0.3, 0.4) is 0 Å². The lowest BCUT2D eigenvalue weighted by molar-refractivity contribution is -0.139. The number of nitrogens with zero attached hydrogens (tertiary/aromatic N) is 7. The standard InChI is InChI=1S/C21H23NO2.C19H27NO2.C19H29NO.C17H23NO2.C16H21NO2.C13H15NO2.C12H13NO2/c1-13-14(2)21(24)22(20(13)23)19-9-5-15(6-10-19)3-7-17-11-16-4-8-18(17)12-16;1-13-14(2)19(22)20(18(13)21)10-6-4-3-5-7-16-11-15-8-9-17(16)12-15;1-13-14(2)19(21)20(15(13)3)10-6-4-5-7-17-11-16-8-9-18(17)12-16;1-11-12(2)17(20)18(16(11)19)8-4-3-5-14-9-13-6-7-15(14)10-13;1-10-11(2)16(19)17(15(10)18)7-3-4-13-8-12-5-6-14(13)9-12;1-8-4-12(15)14(13(8)16)7-11-6-9-2-3-10(11)5-9;14-11-3-4-12(15)13(11)7-10-6-8-1-2-9(10)5-8/h4-6,8-10,16-18H,3,7,11-12H2,1-2H3;8-9,15-17H,3-7,10-12H2,1-2H3;8-9,15-18H,4-7,10-12H2,1-3H3;6-7,13-15H,3-5,8-10H2,1-2H3;5-6,12-14H,3-4,7-9H2,1-2H3;2-4,9-11H,5-7H2,1H3;1-4,8-10H,5-7H2. The van der Waals surface area contributed by atoms with Crippen molar-refractivity contribution in [2.24, 2.45) is 124 Å². The van der Waals surface area contributed by atoms with E-state index in [4.69, 9.17) is 0 Å². The number of imide groups is 6. The van der Waals surface area contributed by atoms with Crippen LogP contribution in [0.15, 0.2) is 189 Å². The lowest BCUT2D eigenvalue weighted by Gasteiger charge is -2.23. The highest BCUT2D eigenvalue weighted by Gasteiger charge is 2.46. The number of amides is 13. The van der Waals surface area contributed by atoms with Crippen LogP contribution in [-0.2, 0) is 68.7 Å². The van der Waals surface area contributed by atoms with Gasteiger partial charge in [0.15, 0.2) is 0 Å². The normalized spacial score (nSPS) is 32.8. The number of benzene rings is 1. The number of hydrogen-bond acceptors (Lipinski definition) is 13. The Balaban J connectivity index is 0.000000116. The Bertz CT molecular complexity index is 5260. The van der Waals surface area contributed by atoms with Crippen LogP contribution in [0.5, 0.6) is 0 Å². The SMILES string of the molecule is CC1=C(C)C(=O)N(CCCC2CC3C=CC2C3)C1=O.CC1=C(C)C(=O)N(CCCCC2CC3C=CC2C3)C1=O.CC1=C(C)C(=O)N(CCCCCCC2CC3C=CC2C3)C1=O.CC1=C(C)C(=O)N(c2ccc(CCC3CC4C=CC3C4)cc2)C1=O.CC1=C(C)C(C)N(CCCCCC2CC3C=CC2C3)C1=O.CC1=CC(=O)N(CC2CC3C=CC2C3)C1=O.O=C1C=CC(=O)N1CC1CC2C=CC1C2. The first kappa shape index (κ1) is 99.9. The fourth-order valence-electron chi connectivity index (χ4n) is 26.9. The summed E-state index contributed by atoms with van der Waals surface area (Å²) in [5.74, 6) is 15.1. The minimum atomic E-state index is -0.195. The van der Waals surface area contributed by atoms with Crippen LogP contribution in [0.2, 0.25) is 0 Å². The lowest BCUT2D eigenvalue weighted by atomic mass is 9.88. The van der Waals surface area contributed by atoms with Gasteiger partial charge in [-0.05, 0) is 385 Å². The molecule has 0 aromatic heterocycles. The monoisotopic (exact) mass is 1860 g/mol. The van der Waals surface area contributed by atoms with E-state index in [0.717, 1.165) is 165 Å². The molecule has 21 aliphatic rings. The molecule has 1 aromatic rings. The first-order chi connectivity index (χ1) is 65.7. The molecule has 13 amide bonds. The van der Waals surface area contributed by atoms with E-state index in [1.807, 2.05) is 19.1 Å². The fraction of sp³-hybridized carbons (Fsp3) is 0.598. The summed E-state index contributed by atoms with van der Waals surface area (Å²) in [7, 11) is 0. The number of hydrogen-bond donors (Lipinski definition) is 0. The topological polar surface area (TPSA) is 245 Å². The Labute approximate surface area is 814 Å². The predicted octanol–water partition coefficient (Wildman–Crippen LogP) is 20.6. The van der Waals surface area contributed by atoms with E-state index in [-0.39, 0.29) is 76.8 Å². The predicted molar refractivity (Wildman–Crippen MR) is 533 cm³/mol. The average Bonchev–Trinajstić information content (AvgIpc) is 1.66. The van der Waals surface area contributed by atoms with Crippen LogP contribution in [0.1, 0.15) is 275 Å². The van der Waals surface area contributed by atoms with Gasteiger partial charge in [-0.15, -0.1) is 0 Å². The van der Waals surface area contributed by atoms with Gasteiger partial charge in [-0.1, -0.05) is 136 Å². The number of fused-ring (bicyclic) bond motifs is 14. The van der Waals surface area contributed by atoms with Gasteiger partial charge < -0.3 is 4.90 Å². The summed E-state index contributed by atoms with van der Waals surface area (Å²) < 4.78 is 0. The fourth-order valence-corrected chi connectivity index (χ4v) is 26.9. The van der Waals surface area contributed by atoms with Gasteiger partial charge in [0.1, 0.15) is 0 Å². The molecule has 7 saturated carbocycles. The van der Waals surface area contributed by atoms with E-state index in [0.29, 0.717) is 130 Å². The van der Waals surface area contributed by atoms with E-state index < -0.39 is 0 Å². The summed E-state index contributed by atoms with van der Waals surface area (Å²) >= 11 is 0. The quantitative estimate of drug-likeness (QED) is 0.0396. The highest BCUT2D eigenvalue weighted by atomic mass is 16.2. The van der Waals surface area contributed by atoms with Crippen LogP contribution >= 0.6 is 0 Å². The Morgan fingerprint density at radius 3 is 0.869 bits per heavy atom. The zero-order valence-electron chi connectivity index (χ0n) is 83.7. The second kappa shape index (κ2) is 43.7. The molecule has 20 nitrogen and oxygen atoms in total. The molecule has 7 fully saturated rings. The van der Waals surface area contributed by atoms with Crippen LogP contribution in [-0.4, -0.2) is 152 Å². The van der Waals surface area contributed by atoms with Gasteiger partial charge in [0, 0.05) is 113 Å². The smallest absolute Gasteiger partial charge is 0.261 e. The van der Waals surface area contributed by atoms with E-state index in [1.165, 1.54) is 187 Å². The third-order valence-corrected chi connectivity index (χ3v) is 36.1. The summed E-state index contributed by atoms with van der Waals surface area (Å²) in [5.41, 5.74) is 9.57. The van der Waals surface area contributed by atoms with Crippen molar-refractivity contribution < 1.29 is 62.3 Å². The number of rotatable bonds is 30. The third kappa shape index (κ3) is 22.2. The first-order valence-electron chi connectivity index (χ1n) is 52.8. The van der Waals surface area contributed by atoms with E-state index in [9.17, 15) is 62.3 Å². The Morgan fingerprint density at radius 2 is 0.547 bits per heavy atom. The highest BCUT2D eigenvalue weighted by Crippen LogP contribution is 2.52. The van der Waals surface area contributed by atoms with E-state index >= 15 is 0 Å². The second-order valence-corrected chi connectivity index (χ2v) is 44.6. The van der Waals surface area contributed by atoms with Crippen molar-refractivity contribution in [1.29, 1.82) is 0 Å². The Kier molecular flexibility index (Phi) is 31.9. The number of anilines is 1. The van der Waals surface area contributed by atoms with Crippen LogP contribution < -0.4 is 4.90 Å². The first-order valence-corrected chi connectivity index (χ1v) is 52.8. The largest absolute Gasteiger partial charge is 0.332 e. The maximum atomic E-state index is 12.2. The van der Waals surface area contributed by atoms with E-state index in [1.54, 1.807) is 62.3 Å². The molecular weight excluding hydrogens is 1710 g/mol. The van der Waals surface area contributed by atoms with Crippen molar-refractivity contribution in [2.75, 3.05) is 44.2 Å². The molecule has 7 aliphatic heterocycles. The summed E-state index contributed by atoms with van der Waals surface area (Å²) in [5, 5.41) is 0. The molecule has 22 unspecified atom stereocenters. The highest BCUT2D eigenvalue weighted by molar-refractivity contribution is 6.32. The molecule has 20 heteroatoms. The molecule has 22 rings (SSSR count). The van der Waals surface area contributed by atoms with Gasteiger partial charge in [0.05, 0.1) is 11.7 Å². The van der Waals surface area contributed by atoms with Crippen molar-refractivity contribution in [3.05, 3.63) is 194 Å². The second-order valence-electron chi connectivity index (χ2n) is 44.6. The van der Waals surface area contributed by atoms with Crippen molar-refractivity contribution in [3.8, 4) is 0 Å². The summed E-state index contributed by atoms with van der Waals surface area (Å²) in [6.45, 7) is 25.8. The molecule has 1 aromatic carbocycles. The molecule has 14 aliphatic carbocycles. The summed E-state index contributed by atoms with van der Waals surface area (Å²) in [6, 6.07) is 8.23. The summed E-state index contributed by atoms with van der Waals surface area (Å²) in [4.78, 5) is 165. The van der Waals surface area contributed by atoms with Crippen LogP contribution in [0.4, 0.5) is 5.69 Å². The molecule has 0 radical (unpaired) electrons. The maximum Gasteiger partial charge on any atom is 0.261 e. The molecule has 22 atom stereocenters. The lowest BCUT2D eigenvalue weighted by Crippen LogP contribution is -2.36. The zero-order valence-corrected chi connectivity index (χ0v) is 83.7. The van der Waals surface area contributed by atoms with Gasteiger partial charge in [0.25, 0.3) is 70.9 Å². The van der Waals surface area contributed by atoms with Gasteiger partial charge in [-0.2, -0.15) is 0 Å². The Morgan fingerprint density at radius 1 is 0.255 bits per heavy atom. The minimum absolute atomic E-state index is 0.0868. The number of carbonyl (C=O) groups excluding carboxylic acids is 13. The maximum absolute atomic E-state index is 12.2. The summed E-state index contributed by atoms with van der Waals surface area (Å²) in [6.07, 6.45) is 74.4. The van der Waals surface area contributed by atoms with Gasteiger partial charge in [0.2, 0.25) is 5.91 Å². The van der Waals surface area contributed by atoms with Gasteiger partial charge >= 0.3 is 0 Å². The van der Waals surface area contributed by atoms with Crippen molar-refractivity contribution in [3.63, 3.8) is 0 Å². The molecule has 0 N–H and O–H groups in total. The van der Waals surface area contributed by atoms with Crippen molar-refractivity contribution in [1.82, 2.24) is 29.4 Å². The number of unbranched alkanes of at least 4 members (excludes halogenated alkanes) is 6.